The van der Waals surface area contributed by atoms with E-state index in [1.165, 1.54) is 6.21 Å². The van der Waals surface area contributed by atoms with Crippen molar-refractivity contribution in [2.45, 2.75) is 6.61 Å². The van der Waals surface area contributed by atoms with E-state index in [1.54, 1.807) is 6.07 Å². The fraction of sp³-hybridized carbons (Fsp3) is 0.0455. The van der Waals surface area contributed by atoms with Gasteiger partial charge in [-0.15, -0.1) is 0 Å². The van der Waals surface area contributed by atoms with E-state index in [2.05, 4.69) is 5.16 Å². The molecule has 0 fully saturated rings. The van der Waals surface area contributed by atoms with Crippen molar-refractivity contribution in [1.82, 2.24) is 9.97 Å². The van der Waals surface area contributed by atoms with E-state index in [9.17, 15) is 0 Å². The fourth-order valence-electron chi connectivity index (χ4n) is 2.90. The van der Waals surface area contributed by atoms with Crippen LogP contribution in [0, 0.1) is 0 Å². The first-order valence-corrected chi connectivity index (χ1v) is 9.03. The highest BCUT2D eigenvalue weighted by atomic mass is 35.5. The molecule has 3 aromatic carbocycles. The molecule has 0 saturated heterocycles. The number of halogens is 1. The minimum absolute atomic E-state index is 0.214. The van der Waals surface area contributed by atoms with E-state index in [0.717, 1.165) is 22.3 Å². The Kier molecular flexibility index (Phi) is 5.17. The number of oxime groups is 1. The van der Waals surface area contributed by atoms with Crippen LogP contribution in [0.4, 0.5) is 0 Å². The fourth-order valence-corrected chi connectivity index (χ4v) is 3.03. The van der Waals surface area contributed by atoms with Gasteiger partial charge in [0.15, 0.2) is 0 Å². The molecule has 1 aromatic heterocycles. The molecule has 0 saturated carbocycles. The van der Waals surface area contributed by atoms with Crippen LogP contribution in [0.5, 0.6) is 5.75 Å². The molecule has 0 unspecified atom stereocenters. The summed E-state index contributed by atoms with van der Waals surface area (Å²) in [4.78, 5) is 9.56. The molecule has 0 amide bonds. The van der Waals surface area contributed by atoms with Crippen LogP contribution in [-0.2, 0) is 6.61 Å². The Balaban J connectivity index is 1.75. The maximum absolute atomic E-state index is 8.84. The van der Waals surface area contributed by atoms with Crippen LogP contribution in [0.25, 0.3) is 22.3 Å². The van der Waals surface area contributed by atoms with Crippen molar-refractivity contribution in [2.75, 3.05) is 0 Å². The highest BCUT2D eigenvalue weighted by Crippen LogP contribution is 2.26. The smallest absolute Gasteiger partial charge is 0.132 e. The molecule has 0 spiro atoms. The van der Waals surface area contributed by atoms with Gasteiger partial charge in [-0.05, 0) is 36.4 Å². The SMILES string of the molecule is O/N=C\c1ccccc1OCc1nc2ccccc2nc1-c1ccc(Cl)cc1. The predicted octanol–water partition coefficient (Wildman–Crippen LogP) is 5.34. The number of hydrogen-bond acceptors (Lipinski definition) is 5. The molecule has 0 aliphatic heterocycles. The Morgan fingerprint density at radius 3 is 2.32 bits per heavy atom. The molecule has 1 heterocycles. The Labute approximate surface area is 166 Å². The maximum atomic E-state index is 8.84. The lowest BCUT2D eigenvalue weighted by atomic mass is 10.1. The number of rotatable bonds is 5. The van der Waals surface area contributed by atoms with Gasteiger partial charge in [-0.1, -0.05) is 53.2 Å². The van der Waals surface area contributed by atoms with Gasteiger partial charge >= 0.3 is 0 Å². The molecule has 0 atom stereocenters. The monoisotopic (exact) mass is 389 g/mol. The summed E-state index contributed by atoms with van der Waals surface area (Å²) in [6.07, 6.45) is 1.33. The lowest BCUT2D eigenvalue weighted by Crippen LogP contribution is -2.05. The first kappa shape index (κ1) is 17.9. The highest BCUT2D eigenvalue weighted by Gasteiger charge is 2.13. The number of para-hydroxylation sites is 3. The predicted molar refractivity (Wildman–Crippen MR) is 110 cm³/mol. The van der Waals surface area contributed by atoms with Gasteiger partial charge in [0.05, 0.1) is 22.9 Å². The van der Waals surface area contributed by atoms with Gasteiger partial charge in [0.1, 0.15) is 18.1 Å². The van der Waals surface area contributed by atoms with Crippen LogP contribution in [0.3, 0.4) is 0 Å². The summed E-state index contributed by atoms with van der Waals surface area (Å²) >= 11 is 6.03. The Morgan fingerprint density at radius 1 is 0.893 bits per heavy atom. The molecule has 0 aliphatic rings. The van der Waals surface area contributed by atoms with E-state index >= 15 is 0 Å². The molecule has 0 aliphatic carbocycles. The Hall–Kier alpha value is -3.44. The summed E-state index contributed by atoms with van der Waals surface area (Å²) < 4.78 is 5.98. The first-order valence-electron chi connectivity index (χ1n) is 8.65. The van der Waals surface area contributed by atoms with Crippen LogP contribution >= 0.6 is 11.6 Å². The number of nitrogens with zero attached hydrogens (tertiary/aromatic N) is 3. The normalized spacial score (nSPS) is 11.2. The van der Waals surface area contributed by atoms with Crippen LogP contribution in [0.15, 0.2) is 78.0 Å². The second-order valence-electron chi connectivity index (χ2n) is 6.09. The van der Waals surface area contributed by atoms with Gasteiger partial charge in [-0.2, -0.15) is 0 Å². The van der Waals surface area contributed by atoms with Gasteiger partial charge < -0.3 is 9.94 Å². The third-order valence-electron chi connectivity index (χ3n) is 4.24. The van der Waals surface area contributed by atoms with Gasteiger partial charge in [-0.25, -0.2) is 9.97 Å². The minimum atomic E-state index is 0.214. The minimum Gasteiger partial charge on any atom is -0.487 e. The Morgan fingerprint density at radius 2 is 1.57 bits per heavy atom. The van der Waals surface area contributed by atoms with Crippen LogP contribution in [0.1, 0.15) is 11.3 Å². The molecule has 28 heavy (non-hydrogen) atoms. The lowest BCUT2D eigenvalue weighted by Gasteiger charge is -2.13. The molecule has 0 radical (unpaired) electrons. The molecule has 4 aromatic rings. The summed E-state index contributed by atoms with van der Waals surface area (Å²) in [5.41, 5.74) is 4.63. The quantitative estimate of drug-likeness (QED) is 0.284. The van der Waals surface area contributed by atoms with Gasteiger partial charge in [0.2, 0.25) is 0 Å². The van der Waals surface area contributed by atoms with Gasteiger partial charge in [0, 0.05) is 16.1 Å². The summed E-state index contributed by atoms with van der Waals surface area (Å²) in [6, 6.07) is 22.5. The molecule has 6 heteroatoms. The van der Waals surface area contributed by atoms with Crippen LogP contribution in [0.2, 0.25) is 5.02 Å². The van der Waals surface area contributed by atoms with E-state index in [4.69, 9.17) is 31.5 Å². The number of hydrogen-bond donors (Lipinski definition) is 1. The third kappa shape index (κ3) is 3.80. The van der Waals surface area contributed by atoms with Crippen LogP contribution in [-0.4, -0.2) is 21.4 Å². The van der Waals surface area contributed by atoms with Crippen molar-refractivity contribution < 1.29 is 9.94 Å². The maximum Gasteiger partial charge on any atom is 0.132 e. The topological polar surface area (TPSA) is 67.6 Å². The average molecular weight is 390 g/mol. The van der Waals surface area contributed by atoms with E-state index in [-0.39, 0.29) is 6.61 Å². The Bertz CT molecular complexity index is 1140. The summed E-state index contributed by atoms with van der Waals surface area (Å²) in [5.74, 6) is 0.595. The van der Waals surface area contributed by atoms with Crippen molar-refractivity contribution in [3.05, 3.63) is 89.1 Å². The van der Waals surface area contributed by atoms with Crippen molar-refractivity contribution in [2.24, 2.45) is 5.16 Å². The van der Waals surface area contributed by atoms with Crippen LogP contribution < -0.4 is 4.74 Å². The molecule has 1 N–H and O–H groups in total. The van der Waals surface area contributed by atoms with Crippen molar-refractivity contribution in [3.63, 3.8) is 0 Å². The number of ether oxygens (including phenoxy) is 1. The first-order chi connectivity index (χ1) is 13.7. The average Bonchev–Trinajstić information content (AvgIpc) is 2.73. The van der Waals surface area contributed by atoms with Crippen molar-refractivity contribution >= 4 is 28.8 Å². The summed E-state index contributed by atoms with van der Waals surface area (Å²) in [7, 11) is 0. The second kappa shape index (κ2) is 8.06. The molecule has 5 nitrogen and oxygen atoms in total. The van der Waals surface area contributed by atoms with Crippen molar-refractivity contribution in [1.29, 1.82) is 0 Å². The van der Waals surface area contributed by atoms with Crippen molar-refractivity contribution in [3.8, 4) is 17.0 Å². The zero-order valence-corrected chi connectivity index (χ0v) is 15.5. The zero-order valence-electron chi connectivity index (χ0n) is 14.8. The van der Waals surface area contributed by atoms with Gasteiger partial charge in [0.25, 0.3) is 0 Å². The summed E-state index contributed by atoms with van der Waals surface area (Å²) in [5, 5.41) is 12.6. The molecule has 4 rings (SSSR count). The third-order valence-corrected chi connectivity index (χ3v) is 4.49. The van der Waals surface area contributed by atoms with E-state index in [1.807, 2.05) is 66.7 Å². The zero-order chi connectivity index (χ0) is 19.3. The molecule has 0 bridgehead atoms. The number of fused-ring (bicyclic) bond motifs is 1. The number of aromatic nitrogens is 2. The lowest BCUT2D eigenvalue weighted by molar-refractivity contribution is 0.300. The number of benzene rings is 3. The summed E-state index contributed by atoms with van der Waals surface area (Å²) in [6.45, 7) is 0.214. The second-order valence-corrected chi connectivity index (χ2v) is 6.52. The highest BCUT2D eigenvalue weighted by molar-refractivity contribution is 6.30. The van der Waals surface area contributed by atoms with Gasteiger partial charge in [-0.3, -0.25) is 0 Å². The van der Waals surface area contributed by atoms with E-state index in [0.29, 0.717) is 22.0 Å². The molecule has 138 valence electrons. The largest absolute Gasteiger partial charge is 0.487 e. The molecular weight excluding hydrogens is 374 g/mol. The van der Waals surface area contributed by atoms with E-state index < -0.39 is 0 Å². The standard InChI is InChI=1S/C22H16ClN3O2/c23-17-11-9-15(10-12-17)22-20(25-18-6-2-3-7-19(18)26-22)14-28-21-8-4-1-5-16(21)13-24-27/h1-13,27H,14H2/b24-13-. The molecular formula is C22H16ClN3O2.